The maximum Gasteiger partial charge on any atom is 0.304 e. The Morgan fingerprint density at radius 3 is 2.19 bits per heavy atom. The second-order valence-electron chi connectivity index (χ2n) is 5.74. The molecule has 0 aromatic heterocycles. The Morgan fingerprint density at radius 2 is 1.75 bits per heavy atom. The van der Waals surface area contributed by atoms with Crippen LogP contribution in [0.1, 0.15) is 47.5 Å². The van der Waals surface area contributed by atoms with E-state index >= 15 is 0 Å². The zero-order chi connectivity index (χ0) is 12.4. The van der Waals surface area contributed by atoms with Crippen molar-refractivity contribution in [3.8, 4) is 0 Å². The van der Waals surface area contributed by atoms with Crippen LogP contribution in [0.3, 0.4) is 0 Å². The van der Waals surface area contributed by atoms with Gasteiger partial charge in [0.25, 0.3) is 0 Å². The summed E-state index contributed by atoms with van der Waals surface area (Å²) < 4.78 is 11.2. The number of piperidine rings is 1. The van der Waals surface area contributed by atoms with Crippen molar-refractivity contribution in [3.05, 3.63) is 0 Å². The first-order chi connectivity index (χ1) is 7.29. The Bertz CT molecular complexity index is 215. The molecule has 4 nitrogen and oxygen atoms in total. The molecular weight excluding hydrogens is 222 g/mol. The van der Waals surface area contributed by atoms with Gasteiger partial charge in [0.15, 0.2) is 0 Å². The first-order valence-electron chi connectivity index (χ1n) is 5.98. The normalized spacial score (nSPS) is 26.6. The highest BCUT2D eigenvalue weighted by Gasteiger charge is 2.45. The van der Waals surface area contributed by atoms with Gasteiger partial charge in [0.1, 0.15) is 0 Å². The van der Waals surface area contributed by atoms with E-state index in [2.05, 4.69) is 0 Å². The maximum atomic E-state index is 10.1. The van der Waals surface area contributed by atoms with Crippen molar-refractivity contribution in [3.63, 3.8) is 0 Å². The van der Waals surface area contributed by atoms with Crippen LogP contribution in [0.2, 0.25) is 0 Å². The van der Waals surface area contributed by atoms with Gasteiger partial charge in [-0.25, -0.2) is 0 Å². The van der Waals surface area contributed by atoms with E-state index in [0.29, 0.717) is 0 Å². The summed E-state index contributed by atoms with van der Waals surface area (Å²) in [5.41, 5.74) is -0.458. The number of nitrogens with zero attached hydrogens (tertiary/aromatic N) is 1. The number of hydroxylamine groups is 2. The van der Waals surface area contributed by atoms with E-state index in [1.165, 1.54) is 5.06 Å². The molecule has 0 amide bonds. The van der Waals surface area contributed by atoms with Crippen molar-refractivity contribution in [2.75, 3.05) is 6.61 Å². The summed E-state index contributed by atoms with van der Waals surface area (Å²) in [4.78, 5) is 0. The van der Waals surface area contributed by atoms with Gasteiger partial charge in [-0.05, 0) is 47.5 Å². The summed E-state index contributed by atoms with van der Waals surface area (Å²) in [6, 6.07) is 0. The molecule has 0 aromatic rings. The van der Waals surface area contributed by atoms with Crippen LogP contribution in [0.4, 0.5) is 0 Å². The lowest BCUT2D eigenvalue weighted by Gasteiger charge is -2.51. The molecule has 0 unspecified atom stereocenters. The molecule has 0 atom stereocenters. The quantitative estimate of drug-likeness (QED) is 0.603. The number of hydrogen-bond acceptors (Lipinski definition) is 4. The highest BCUT2D eigenvalue weighted by molar-refractivity contribution is 6.18. The molecule has 1 fully saturated rings. The third-order valence-electron chi connectivity index (χ3n) is 3.19. The van der Waals surface area contributed by atoms with Crippen LogP contribution >= 0.6 is 0 Å². The Morgan fingerprint density at radius 1 is 1.25 bits per heavy atom. The van der Waals surface area contributed by atoms with Gasteiger partial charge < -0.3 is 14.1 Å². The maximum absolute atomic E-state index is 10.1. The van der Waals surface area contributed by atoms with Crippen LogP contribution in [0.15, 0.2) is 0 Å². The summed E-state index contributed by atoms with van der Waals surface area (Å²) >= 11 is 0. The van der Waals surface area contributed by atoms with Crippen LogP contribution in [-0.4, -0.2) is 44.1 Å². The standard InChI is InChI=1S/C11H25NO3Si/c1-6-14-16-15-9-7-10(2,3)12(13)11(4,5)8-9/h9,13H,6-8,16H2,1-5H3. The average molecular weight is 247 g/mol. The lowest BCUT2D eigenvalue weighted by atomic mass is 9.80. The largest absolute Gasteiger partial charge is 0.399 e. The summed E-state index contributed by atoms with van der Waals surface area (Å²) in [6.07, 6.45) is 1.92. The molecule has 0 saturated carbocycles. The van der Waals surface area contributed by atoms with Gasteiger partial charge in [-0.15, -0.1) is 0 Å². The van der Waals surface area contributed by atoms with Gasteiger partial charge >= 0.3 is 10.0 Å². The molecule has 1 heterocycles. The molecule has 0 spiro atoms. The van der Waals surface area contributed by atoms with Crippen molar-refractivity contribution in [2.45, 2.75) is 64.6 Å². The first-order valence-corrected chi connectivity index (χ1v) is 7.13. The van der Waals surface area contributed by atoms with Gasteiger partial charge in [-0.1, -0.05) is 0 Å². The third kappa shape index (κ3) is 3.27. The highest BCUT2D eigenvalue weighted by Crippen LogP contribution is 2.37. The summed E-state index contributed by atoms with van der Waals surface area (Å²) in [7, 11) is -0.848. The van der Waals surface area contributed by atoms with Gasteiger partial charge in [0, 0.05) is 17.7 Å². The van der Waals surface area contributed by atoms with Crippen LogP contribution in [-0.2, 0) is 8.85 Å². The zero-order valence-corrected chi connectivity index (χ0v) is 12.5. The Hall–Kier alpha value is 0.0569. The molecular formula is C11H25NO3Si. The van der Waals surface area contributed by atoms with Crippen molar-refractivity contribution >= 4 is 10.0 Å². The van der Waals surface area contributed by atoms with Gasteiger partial charge in [-0.2, -0.15) is 5.06 Å². The lowest BCUT2D eigenvalue weighted by molar-refractivity contribution is -0.255. The second kappa shape index (κ2) is 5.14. The second-order valence-corrected chi connectivity index (χ2v) is 6.72. The van der Waals surface area contributed by atoms with Gasteiger partial charge in [-0.3, -0.25) is 0 Å². The van der Waals surface area contributed by atoms with E-state index in [1.54, 1.807) is 0 Å². The molecule has 1 saturated heterocycles. The Kier molecular flexibility index (Phi) is 4.54. The predicted octanol–water partition coefficient (Wildman–Crippen LogP) is 1.45. The highest BCUT2D eigenvalue weighted by atomic mass is 28.3. The fraction of sp³-hybridized carbons (Fsp3) is 1.00. The third-order valence-corrected chi connectivity index (χ3v) is 4.37. The Balaban J connectivity index is 2.57. The Labute approximate surface area is 101 Å². The zero-order valence-electron chi connectivity index (χ0n) is 11.1. The van der Waals surface area contributed by atoms with E-state index in [9.17, 15) is 5.21 Å². The van der Waals surface area contributed by atoms with E-state index in [4.69, 9.17) is 8.85 Å². The van der Waals surface area contributed by atoms with Crippen LogP contribution in [0.25, 0.3) is 0 Å². The molecule has 1 rings (SSSR count). The average Bonchev–Trinajstić information content (AvgIpc) is 2.14. The number of rotatable bonds is 4. The molecule has 0 aliphatic carbocycles. The molecule has 1 aliphatic rings. The van der Waals surface area contributed by atoms with Crippen LogP contribution in [0.5, 0.6) is 0 Å². The van der Waals surface area contributed by atoms with Gasteiger partial charge in [0.2, 0.25) is 0 Å². The fourth-order valence-electron chi connectivity index (χ4n) is 2.52. The number of hydrogen-bond donors (Lipinski definition) is 1. The predicted molar refractivity (Wildman–Crippen MR) is 66.1 cm³/mol. The molecule has 1 N–H and O–H groups in total. The minimum atomic E-state index is -0.848. The SMILES string of the molecule is CCO[SiH2]OC1CC(C)(C)N(O)C(C)(C)C1. The topological polar surface area (TPSA) is 41.9 Å². The molecule has 1 aliphatic heterocycles. The molecule has 5 heteroatoms. The van der Waals surface area contributed by atoms with Crippen LogP contribution < -0.4 is 0 Å². The van der Waals surface area contributed by atoms with Crippen LogP contribution in [0, 0.1) is 0 Å². The monoisotopic (exact) mass is 247 g/mol. The van der Waals surface area contributed by atoms with E-state index in [-0.39, 0.29) is 17.2 Å². The van der Waals surface area contributed by atoms with Gasteiger partial charge in [0.05, 0.1) is 6.10 Å². The molecule has 96 valence electrons. The molecule has 0 bridgehead atoms. The molecule has 16 heavy (non-hydrogen) atoms. The molecule has 0 aromatic carbocycles. The van der Waals surface area contributed by atoms with Crippen molar-refractivity contribution < 1.29 is 14.1 Å². The van der Waals surface area contributed by atoms with E-state index in [0.717, 1.165) is 19.4 Å². The smallest absolute Gasteiger partial charge is 0.304 e. The summed E-state index contributed by atoms with van der Waals surface area (Å²) in [5, 5.41) is 11.6. The van der Waals surface area contributed by atoms with Crippen molar-refractivity contribution in [1.82, 2.24) is 5.06 Å². The lowest BCUT2D eigenvalue weighted by Crippen LogP contribution is -2.60. The van der Waals surface area contributed by atoms with E-state index in [1.807, 2.05) is 34.6 Å². The fourth-order valence-corrected chi connectivity index (χ4v) is 3.22. The summed E-state index contributed by atoms with van der Waals surface area (Å²) in [6.45, 7) is 10.9. The minimum absolute atomic E-state index is 0.214. The summed E-state index contributed by atoms with van der Waals surface area (Å²) in [5.74, 6) is 0. The first kappa shape index (κ1) is 14.1. The minimum Gasteiger partial charge on any atom is -0.399 e. The van der Waals surface area contributed by atoms with Crippen molar-refractivity contribution in [1.29, 1.82) is 0 Å². The molecule has 0 radical (unpaired) electrons. The van der Waals surface area contributed by atoms with Crippen molar-refractivity contribution in [2.24, 2.45) is 0 Å². The van der Waals surface area contributed by atoms with E-state index < -0.39 is 10.0 Å².